The zero-order valence-corrected chi connectivity index (χ0v) is 19.8. The molecule has 0 fully saturated rings. The number of nitro benzene ring substituents is 1. The van der Waals surface area contributed by atoms with Crippen LogP contribution < -0.4 is 10.9 Å². The molecule has 0 saturated heterocycles. The van der Waals surface area contributed by atoms with Crippen LogP contribution in [0.15, 0.2) is 70.6 Å². The quantitative estimate of drug-likeness (QED) is 0.169. The zero-order valence-electron chi connectivity index (χ0n) is 18.2. The SMILES string of the molecule is Cc1cccc(-n2c(SCC(=O)Nc3cc([N+](=O)[O-])ccc3C)nc3cc(Cl)ccc3c2=O)c1. The number of aryl methyl sites for hydroxylation is 2. The molecule has 0 aliphatic heterocycles. The van der Waals surface area contributed by atoms with Gasteiger partial charge in [-0.3, -0.25) is 24.3 Å². The zero-order chi connectivity index (χ0) is 24.4. The fourth-order valence-electron chi connectivity index (χ4n) is 3.40. The lowest BCUT2D eigenvalue weighted by Gasteiger charge is -2.14. The third-order valence-corrected chi connectivity index (χ3v) is 6.27. The number of nitrogens with zero attached hydrogens (tertiary/aromatic N) is 3. The smallest absolute Gasteiger partial charge is 0.271 e. The lowest BCUT2D eigenvalue weighted by molar-refractivity contribution is -0.384. The predicted molar refractivity (Wildman–Crippen MR) is 134 cm³/mol. The molecule has 1 aromatic heterocycles. The monoisotopic (exact) mass is 494 g/mol. The van der Waals surface area contributed by atoms with Crippen LogP contribution in [0, 0.1) is 24.0 Å². The molecule has 1 N–H and O–H groups in total. The summed E-state index contributed by atoms with van der Waals surface area (Å²) < 4.78 is 1.47. The van der Waals surface area contributed by atoms with Gasteiger partial charge in [0.2, 0.25) is 5.91 Å². The van der Waals surface area contributed by atoms with Gasteiger partial charge in [-0.05, 0) is 55.3 Å². The highest BCUT2D eigenvalue weighted by molar-refractivity contribution is 7.99. The first-order chi connectivity index (χ1) is 16.2. The summed E-state index contributed by atoms with van der Waals surface area (Å²) in [4.78, 5) is 41.2. The molecule has 0 saturated carbocycles. The van der Waals surface area contributed by atoms with Crippen LogP contribution in [-0.4, -0.2) is 26.1 Å². The van der Waals surface area contributed by atoms with E-state index in [2.05, 4.69) is 10.3 Å². The molecule has 4 aromatic rings. The van der Waals surface area contributed by atoms with E-state index in [0.29, 0.717) is 38.0 Å². The van der Waals surface area contributed by atoms with E-state index in [1.165, 1.54) is 16.7 Å². The largest absolute Gasteiger partial charge is 0.325 e. The normalized spacial score (nSPS) is 10.9. The van der Waals surface area contributed by atoms with Crippen LogP contribution in [0.5, 0.6) is 0 Å². The van der Waals surface area contributed by atoms with Gasteiger partial charge in [0, 0.05) is 17.2 Å². The van der Waals surface area contributed by atoms with Gasteiger partial charge in [-0.1, -0.05) is 41.6 Å². The number of rotatable bonds is 6. The van der Waals surface area contributed by atoms with E-state index in [0.717, 1.165) is 17.3 Å². The van der Waals surface area contributed by atoms with Crippen molar-refractivity contribution in [1.82, 2.24) is 9.55 Å². The minimum absolute atomic E-state index is 0.0630. The number of hydrogen-bond donors (Lipinski definition) is 1. The Labute approximate surface area is 203 Å². The first-order valence-electron chi connectivity index (χ1n) is 10.2. The molecular formula is C24H19ClN4O4S. The molecule has 1 heterocycles. The fraction of sp³-hybridized carbons (Fsp3) is 0.125. The van der Waals surface area contributed by atoms with E-state index in [1.54, 1.807) is 37.3 Å². The molecule has 3 aromatic carbocycles. The molecule has 0 spiro atoms. The topological polar surface area (TPSA) is 107 Å². The second kappa shape index (κ2) is 9.66. The lowest BCUT2D eigenvalue weighted by Crippen LogP contribution is -2.23. The van der Waals surface area contributed by atoms with Gasteiger partial charge in [-0.15, -0.1) is 0 Å². The number of carbonyl (C=O) groups is 1. The van der Waals surface area contributed by atoms with Crippen molar-refractivity contribution >= 4 is 51.5 Å². The molecule has 0 radical (unpaired) electrons. The molecule has 0 aliphatic carbocycles. The van der Waals surface area contributed by atoms with Gasteiger partial charge >= 0.3 is 0 Å². The van der Waals surface area contributed by atoms with Crippen molar-refractivity contribution in [2.45, 2.75) is 19.0 Å². The maximum absolute atomic E-state index is 13.4. The Morgan fingerprint density at radius 1 is 1.15 bits per heavy atom. The second-order valence-electron chi connectivity index (χ2n) is 7.63. The number of non-ortho nitro benzene ring substituents is 1. The van der Waals surface area contributed by atoms with Gasteiger partial charge in [0.25, 0.3) is 11.2 Å². The average Bonchev–Trinajstić information content (AvgIpc) is 2.78. The van der Waals surface area contributed by atoms with E-state index < -0.39 is 4.92 Å². The highest BCUT2D eigenvalue weighted by atomic mass is 35.5. The van der Waals surface area contributed by atoms with Crippen molar-refractivity contribution in [3.63, 3.8) is 0 Å². The van der Waals surface area contributed by atoms with E-state index in [4.69, 9.17) is 11.6 Å². The van der Waals surface area contributed by atoms with Crippen molar-refractivity contribution in [3.05, 3.63) is 97.3 Å². The molecule has 172 valence electrons. The fourth-order valence-corrected chi connectivity index (χ4v) is 4.38. The third-order valence-electron chi connectivity index (χ3n) is 5.10. The number of nitrogens with one attached hydrogen (secondary N) is 1. The summed E-state index contributed by atoms with van der Waals surface area (Å²) in [5.74, 6) is -0.447. The summed E-state index contributed by atoms with van der Waals surface area (Å²) in [5, 5.41) is 14.9. The summed E-state index contributed by atoms with van der Waals surface area (Å²) in [7, 11) is 0. The molecule has 0 bridgehead atoms. The molecule has 34 heavy (non-hydrogen) atoms. The molecule has 0 unspecified atom stereocenters. The van der Waals surface area contributed by atoms with E-state index in [-0.39, 0.29) is 22.9 Å². The summed E-state index contributed by atoms with van der Waals surface area (Å²) in [6.07, 6.45) is 0. The molecule has 4 rings (SSSR count). The highest BCUT2D eigenvalue weighted by Gasteiger charge is 2.17. The summed E-state index contributed by atoms with van der Waals surface area (Å²) >= 11 is 7.19. The molecule has 0 atom stereocenters. The third kappa shape index (κ3) is 4.95. The van der Waals surface area contributed by atoms with E-state index in [9.17, 15) is 19.7 Å². The van der Waals surface area contributed by atoms with Crippen LogP contribution in [0.2, 0.25) is 5.02 Å². The average molecular weight is 495 g/mol. The van der Waals surface area contributed by atoms with Crippen LogP contribution in [-0.2, 0) is 4.79 Å². The summed E-state index contributed by atoms with van der Waals surface area (Å²) in [6, 6.07) is 16.6. The number of halogens is 1. The first-order valence-corrected chi connectivity index (χ1v) is 11.6. The summed E-state index contributed by atoms with van der Waals surface area (Å²) in [6.45, 7) is 3.67. The molecule has 10 heteroatoms. The first kappa shape index (κ1) is 23.5. The van der Waals surface area contributed by atoms with Crippen molar-refractivity contribution < 1.29 is 9.72 Å². The van der Waals surface area contributed by atoms with Gasteiger partial charge in [0.15, 0.2) is 5.16 Å². The van der Waals surface area contributed by atoms with Gasteiger partial charge in [-0.25, -0.2) is 4.98 Å². The highest BCUT2D eigenvalue weighted by Crippen LogP contribution is 2.25. The number of hydrogen-bond acceptors (Lipinski definition) is 6. The van der Waals surface area contributed by atoms with Crippen molar-refractivity contribution in [1.29, 1.82) is 0 Å². The van der Waals surface area contributed by atoms with Crippen LogP contribution in [0.4, 0.5) is 11.4 Å². The van der Waals surface area contributed by atoms with Crippen LogP contribution in [0.25, 0.3) is 16.6 Å². The lowest BCUT2D eigenvalue weighted by atomic mass is 10.2. The van der Waals surface area contributed by atoms with Crippen LogP contribution >= 0.6 is 23.4 Å². The van der Waals surface area contributed by atoms with Crippen molar-refractivity contribution in [3.8, 4) is 5.69 Å². The number of amides is 1. The number of benzene rings is 3. The predicted octanol–water partition coefficient (Wildman–Crippen LogP) is 5.29. The molecule has 0 aliphatic rings. The maximum Gasteiger partial charge on any atom is 0.271 e. The summed E-state index contributed by atoms with van der Waals surface area (Å²) in [5.41, 5.74) is 2.69. The number of thioether (sulfide) groups is 1. The number of fused-ring (bicyclic) bond motifs is 1. The number of aromatic nitrogens is 2. The van der Waals surface area contributed by atoms with Gasteiger partial charge in [0.1, 0.15) is 0 Å². The van der Waals surface area contributed by atoms with Crippen LogP contribution in [0.1, 0.15) is 11.1 Å². The Balaban J connectivity index is 1.68. The van der Waals surface area contributed by atoms with Gasteiger partial charge in [-0.2, -0.15) is 0 Å². The Kier molecular flexibility index (Phi) is 6.67. The Bertz CT molecular complexity index is 1500. The standard InChI is InChI=1S/C24H19ClN4O4S/c1-14-4-3-5-17(10-14)28-23(31)19-9-7-16(25)11-21(19)27-24(28)34-13-22(30)26-20-12-18(29(32)33)8-6-15(20)2/h3-12H,13H2,1-2H3,(H,26,30). The minimum atomic E-state index is -0.519. The molecule has 8 nitrogen and oxygen atoms in total. The van der Waals surface area contributed by atoms with E-state index in [1.807, 2.05) is 25.1 Å². The Hall–Kier alpha value is -3.69. The Morgan fingerprint density at radius 2 is 1.94 bits per heavy atom. The second-order valence-corrected chi connectivity index (χ2v) is 9.01. The maximum atomic E-state index is 13.4. The number of nitro groups is 1. The van der Waals surface area contributed by atoms with Crippen molar-refractivity contribution in [2.75, 3.05) is 11.1 Å². The molecule has 1 amide bonds. The number of anilines is 1. The van der Waals surface area contributed by atoms with Gasteiger partial charge < -0.3 is 5.32 Å². The minimum Gasteiger partial charge on any atom is -0.325 e. The van der Waals surface area contributed by atoms with Crippen molar-refractivity contribution in [2.24, 2.45) is 0 Å². The Morgan fingerprint density at radius 3 is 2.68 bits per heavy atom. The van der Waals surface area contributed by atoms with Gasteiger partial charge in [0.05, 0.1) is 33.0 Å². The van der Waals surface area contributed by atoms with Crippen LogP contribution in [0.3, 0.4) is 0 Å². The van der Waals surface area contributed by atoms with E-state index >= 15 is 0 Å². The molecular weight excluding hydrogens is 476 g/mol. The number of carbonyl (C=O) groups excluding carboxylic acids is 1.